The Morgan fingerprint density at radius 3 is 2.36 bits per heavy atom. The number of benzene rings is 2. The van der Waals surface area contributed by atoms with Crippen molar-refractivity contribution >= 4 is 11.8 Å². The molecular weight excluding hydrogens is 416 g/mol. The van der Waals surface area contributed by atoms with Crippen LogP contribution in [0.15, 0.2) is 83.8 Å². The van der Waals surface area contributed by atoms with Gasteiger partial charge in [0.25, 0.3) is 11.5 Å². The number of rotatable bonds is 6. The maximum atomic E-state index is 13.4. The highest BCUT2D eigenvalue weighted by Crippen LogP contribution is 2.26. The van der Waals surface area contributed by atoms with E-state index >= 15 is 0 Å². The topological polar surface area (TPSA) is 74.7 Å². The molecule has 170 valence electrons. The SMILES string of the molecule is CN1CCN(C(=O)c2ccc(=O)n(CC(=O)NCc3ccccc3)c2)[C@H](c2ccccc2)C1. The summed E-state index contributed by atoms with van der Waals surface area (Å²) in [6, 6.07) is 22.4. The molecule has 0 unspecified atom stereocenters. The van der Waals surface area contributed by atoms with Gasteiger partial charge in [-0.2, -0.15) is 0 Å². The molecule has 0 radical (unpaired) electrons. The van der Waals surface area contributed by atoms with Crippen molar-refractivity contribution in [3.05, 3.63) is 106 Å². The predicted octanol–water partition coefficient (Wildman–Crippen LogP) is 2.29. The van der Waals surface area contributed by atoms with Crippen LogP contribution in [-0.2, 0) is 17.9 Å². The van der Waals surface area contributed by atoms with Crippen molar-refractivity contribution in [1.82, 2.24) is 19.7 Å². The van der Waals surface area contributed by atoms with E-state index in [4.69, 9.17) is 0 Å². The summed E-state index contributed by atoms with van der Waals surface area (Å²) in [7, 11) is 2.05. The minimum absolute atomic E-state index is 0.0769. The molecule has 2 heterocycles. The first-order valence-corrected chi connectivity index (χ1v) is 11.1. The number of carbonyl (C=O) groups is 2. The molecule has 4 rings (SSSR count). The molecule has 1 aliphatic rings. The molecule has 0 spiro atoms. The lowest BCUT2D eigenvalue weighted by atomic mass is 10.0. The molecule has 2 amide bonds. The molecule has 7 heteroatoms. The Hall–Kier alpha value is -3.71. The maximum Gasteiger partial charge on any atom is 0.255 e. The summed E-state index contributed by atoms with van der Waals surface area (Å²) in [5, 5.41) is 2.82. The highest BCUT2D eigenvalue weighted by atomic mass is 16.2. The van der Waals surface area contributed by atoms with Crippen molar-refractivity contribution in [3.8, 4) is 0 Å². The minimum atomic E-state index is -0.320. The lowest BCUT2D eigenvalue weighted by Crippen LogP contribution is -2.49. The van der Waals surface area contributed by atoms with Gasteiger partial charge in [-0.05, 0) is 24.2 Å². The van der Waals surface area contributed by atoms with Crippen LogP contribution >= 0.6 is 0 Å². The summed E-state index contributed by atoms with van der Waals surface area (Å²) < 4.78 is 1.29. The third kappa shape index (κ3) is 5.56. The zero-order valence-corrected chi connectivity index (χ0v) is 18.7. The molecule has 1 saturated heterocycles. The van der Waals surface area contributed by atoms with Gasteiger partial charge in [-0.15, -0.1) is 0 Å². The van der Waals surface area contributed by atoms with Crippen molar-refractivity contribution in [3.63, 3.8) is 0 Å². The summed E-state index contributed by atoms with van der Waals surface area (Å²) >= 11 is 0. The van der Waals surface area contributed by atoms with E-state index in [9.17, 15) is 14.4 Å². The average Bonchev–Trinajstić information content (AvgIpc) is 2.85. The Balaban J connectivity index is 1.49. The predicted molar refractivity (Wildman–Crippen MR) is 127 cm³/mol. The van der Waals surface area contributed by atoms with Gasteiger partial charge in [0.15, 0.2) is 0 Å². The third-order valence-electron chi connectivity index (χ3n) is 5.91. The molecule has 7 nitrogen and oxygen atoms in total. The Labute approximate surface area is 193 Å². The van der Waals surface area contributed by atoms with Crippen LogP contribution in [0, 0.1) is 0 Å². The van der Waals surface area contributed by atoms with Gasteiger partial charge in [0.2, 0.25) is 5.91 Å². The third-order valence-corrected chi connectivity index (χ3v) is 5.91. The molecule has 3 aromatic rings. The number of hydrogen-bond donors (Lipinski definition) is 1. The van der Waals surface area contributed by atoms with Crippen molar-refractivity contribution < 1.29 is 9.59 Å². The first-order chi connectivity index (χ1) is 16.0. The fourth-order valence-electron chi connectivity index (χ4n) is 4.08. The lowest BCUT2D eigenvalue weighted by molar-refractivity contribution is -0.121. The van der Waals surface area contributed by atoms with Gasteiger partial charge in [0, 0.05) is 38.4 Å². The van der Waals surface area contributed by atoms with Crippen molar-refractivity contribution in [2.75, 3.05) is 26.7 Å². The second kappa shape index (κ2) is 10.3. The van der Waals surface area contributed by atoms with Crippen molar-refractivity contribution in [2.24, 2.45) is 0 Å². The second-order valence-corrected chi connectivity index (χ2v) is 8.33. The zero-order valence-electron chi connectivity index (χ0n) is 18.7. The maximum absolute atomic E-state index is 13.4. The molecule has 1 atom stereocenters. The normalized spacial score (nSPS) is 16.4. The number of carbonyl (C=O) groups excluding carboxylic acids is 2. The molecule has 1 fully saturated rings. The van der Waals surface area contributed by atoms with Crippen molar-refractivity contribution in [2.45, 2.75) is 19.1 Å². The number of nitrogens with zero attached hydrogens (tertiary/aromatic N) is 3. The molecule has 0 saturated carbocycles. The van der Waals surface area contributed by atoms with E-state index in [1.54, 1.807) is 6.07 Å². The number of piperazine rings is 1. The second-order valence-electron chi connectivity index (χ2n) is 8.33. The molecule has 1 N–H and O–H groups in total. The molecular formula is C26H28N4O3. The van der Waals surface area contributed by atoms with E-state index in [2.05, 4.69) is 10.2 Å². The molecule has 33 heavy (non-hydrogen) atoms. The van der Waals surface area contributed by atoms with Crippen LogP contribution in [0.2, 0.25) is 0 Å². The number of pyridine rings is 1. The summed E-state index contributed by atoms with van der Waals surface area (Å²) in [5.74, 6) is -0.428. The van der Waals surface area contributed by atoms with E-state index in [1.807, 2.05) is 72.6 Å². The van der Waals surface area contributed by atoms with Gasteiger partial charge in [-0.3, -0.25) is 14.4 Å². The zero-order chi connectivity index (χ0) is 23.2. The smallest absolute Gasteiger partial charge is 0.255 e. The largest absolute Gasteiger partial charge is 0.350 e. The van der Waals surface area contributed by atoms with Gasteiger partial charge in [-0.25, -0.2) is 0 Å². The number of amides is 2. The lowest BCUT2D eigenvalue weighted by Gasteiger charge is -2.40. The van der Waals surface area contributed by atoms with E-state index in [0.29, 0.717) is 18.7 Å². The summed E-state index contributed by atoms with van der Waals surface area (Å²) in [6.07, 6.45) is 1.49. The first kappa shape index (κ1) is 22.5. The first-order valence-electron chi connectivity index (χ1n) is 11.1. The Morgan fingerprint density at radius 1 is 0.939 bits per heavy atom. The fraction of sp³-hybridized carbons (Fsp3) is 0.269. The number of nitrogens with one attached hydrogen (secondary N) is 1. The summed E-state index contributed by atoms with van der Waals surface area (Å²) in [6.45, 7) is 2.34. The van der Waals surface area contributed by atoms with E-state index < -0.39 is 0 Å². The van der Waals surface area contributed by atoms with Gasteiger partial charge in [-0.1, -0.05) is 60.7 Å². The molecule has 2 aromatic carbocycles. The van der Waals surface area contributed by atoms with Crippen LogP contribution in [0.5, 0.6) is 0 Å². The monoisotopic (exact) mass is 444 g/mol. The Kier molecular flexibility index (Phi) is 7.00. The van der Waals surface area contributed by atoms with E-state index in [-0.39, 0.29) is 30.0 Å². The highest BCUT2D eigenvalue weighted by Gasteiger charge is 2.31. The number of aromatic nitrogens is 1. The number of likely N-dealkylation sites (N-methyl/N-ethyl adjacent to an activating group) is 1. The summed E-state index contributed by atoms with van der Waals surface area (Å²) in [4.78, 5) is 42.3. The fourth-order valence-corrected chi connectivity index (χ4v) is 4.08. The van der Waals surface area contributed by atoms with Crippen LogP contribution in [0.25, 0.3) is 0 Å². The van der Waals surface area contributed by atoms with E-state index in [0.717, 1.165) is 24.2 Å². The van der Waals surface area contributed by atoms with Crippen LogP contribution in [0.4, 0.5) is 0 Å². The van der Waals surface area contributed by atoms with Crippen LogP contribution in [-0.4, -0.2) is 52.9 Å². The van der Waals surface area contributed by atoms with Gasteiger partial charge >= 0.3 is 0 Å². The average molecular weight is 445 g/mol. The van der Waals surface area contributed by atoms with Gasteiger partial charge in [0.1, 0.15) is 6.54 Å². The van der Waals surface area contributed by atoms with E-state index in [1.165, 1.54) is 16.8 Å². The Bertz CT molecular complexity index is 1160. The highest BCUT2D eigenvalue weighted by molar-refractivity contribution is 5.94. The molecule has 1 aromatic heterocycles. The minimum Gasteiger partial charge on any atom is -0.350 e. The molecule has 1 aliphatic heterocycles. The Morgan fingerprint density at radius 2 is 1.64 bits per heavy atom. The quantitative estimate of drug-likeness (QED) is 0.633. The van der Waals surface area contributed by atoms with Gasteiger partial charge in [0.05, 0.1) is 11.6 Å². The summed E-state index contributed by atoms with van der Waals surface area (Å²) in [5.41, 5.74) is 2.13. The van der Waals surface area contributed by atoms with Crippen LogP contribution < -0.4 is 10.9 Å². The van der Waals surface area contributed by atoms with Crippen molar-refractivity contribution in [1.29, 1.82) is 0 Å². The van der Waals surface area contributed by atoms with Crippen LogP contribution in [0.1, 0.15) is 27.5 Å². The molecule has 0 aliphatic carbocycles. The molecule has 0 bridgehead atoms. The number of hydrogen-bond acceptors (Lipinski definition) is 4. The van der Waals surface area contributed by atoms with Gasteiger partial charge < -0.3 is 19.7 Å². The standard InChI is InChI=1S/C26H28N4O3/c1-28-14-15-30(23(18-28)21-10-6-3-7-11-21)26(33)22-12-13-25(32)29(17-22)19-24(31)27-16-20-8-4-2-5-9-20/h2-13,17,23H,14-16,18-19H2,1H3,(H,27,31)/t23-/m0/s1. The van der Waals surface area contributed by atoms with Crippen LogP contribution in [0.3, 0.4) is 0 Å².